The van der Waals surface area contributed by atoms with E-state index in [0.717, 1.165) is 42.3 Å². The van der Waals surface area contributed by atoms with Gasteiger partial charge in [0.2, 0.25) is 0 Å². The van der Waals surface area contributed by atoms with Crippen LogP contribution in [0.5, 0.6) is 0 Å². The lowest BCUT2D eigenvalue weighted by Crippen LogP contribution is -2.47. The van der Waals surface area contributed by atoms with Crippen LogP contribution in [0.15, 0.2) is 48.0 Å². The lowest BCUT2D eigenvalue weighted by Gasteiger charge is -2.36. The highest BCUT2D eigenvalue weighted by Gasteiger charge is 2.31. The molecule has 1 aliphatic rings. The number of aromatic nitrogens is 2. The molecular weight excluding hydrogens is 380 g/mol. The third-order valence-corrected chi connectivity index (χ3v) is 6.15. The molecule has 0 bridgehead atoms. The van der Waals surface area contributed by atoms with Crippen molar-refractivity contribution in [3.8, 4) is 5.69 Å². The van der Waals surface area contributed by atoms with Crippen LogP contribution in [0.3, 0.4) is 0 Å². The van der Waals surface area contributed by atoms with Crippen LogP contribution in [0, 0.1) is 13.8 Å². The van der Waals surface area contributed by atoms with E-state index in [1.54, 1.807) is 0 Å². The zero-order valence-electron chi connectivity index (χ0n) is 16.6. The lowest BCUT2D eigenvalue weighted by atomic mass is 10.0. The molecule has 4 rings (SSSR count). The summed E-state index contributed by atoms with van der Waals surface area (Å²) in [7, 11) is 2.14. The first-order chi connectivity index (χ1) is 13.5. The summed E-state index contributed by atoms with van der Waals surface area (Å²) in [4.78, 5) is 18.3. The van der Waals surface area contributed by atoms with Crippen LogP contribution in [-0.4, -0.2) is 46.8 Å². The second-order valence-corrected chi connectivity index (χ2v) is 8.60. The Kier molecular flexibility index (Phi) is 6.55. The van der Waals surface area contributed by atoms with E-state index >= 15 is 0 Å². The fourth-order valence-corrected chi connectivity index (χ4v) is 4.56. The summed E-state index contributed by atoms with van der Waals surface area (Å²) in [5, 5.41) is 6.75. The number of rotatable bonds is 4. The Morgan fingerprint density at radius 2 is 1.83 bits per heavy atom. The van der Waals surface area contributed by atoms with Gasteiger partial charge in [-0.2, -0.15) is 0 Å². The molecule has 0 aliphatic carbocycles. The Bertz CT molecular complexity index is 935. The number of nitrogens with zero attached hydrogens (tertiary/aromatic N) is 4. The van der Waals surface area contributed by atoms with E-state index in [1.165, 1.54) is 22.5 Å². The molecule has 1 fully saturated rings. The average molecular weight is 411 g/mol. The van der Waals surface area contributed by atoms with Gasteiger partial charge in [-0.05, 0) is 81.5 Å². The van der Waals surface area contributed by atoms with E-state index in [1.807, 2.05) is 39.4 Å². The van der Waals surface area contributed by atoms with Crippen LogP contribution >= 0.6 is 11.3 Å². The van der Waals surface area contributed by atoms with Crippen molar-refractivity contribution in [2.45, 2.75) is 40.2 Å². The molecule has 3 aromatic rings. The molecule has 0 radical (unpaired) electrons. The van der Waals surface area contributed by atoms with Crippen LogP contribution in [-0.2, 0) is 0 Å². The topological polar surface area (TPSA) is 41.4 Å². The maximum absolute atomic E-state index is 13.3. The summed E-state index contributed by atoms with van der Waals surface area (Å²) < 4.78 is 1.87. The third kappa shape index (κ3) is 4.60. The van der Waals surface area contributed by atoms with Gasteiger partial charge < -0.3 is 4.90 Å². The molecule has 0 N–H and O–H groups in total. The lowest BCUT2D eigenvalue weighted by molar-refractivity contribution is 0.0966. The minimum Gasteiger partial charge on any atom is -0.306 e. The quantitative estimate of drug-likeness (QED) is 0.612. The van der Waals surface area contributed by atoms with Crippen molar-refractivity contribution < 1.29 is 4.79 Å². The van der Waals surface area contributed by atoms with Gasteiger partial charge >= 0.3 is 0 Å². The van der Waals surface area contributed by atoms with E-state index < -0.39 is 0 Å². The zero-order chi connectivity index (χ0) is 19.7. The summed E-state index contributed by atoms with van der Waals surface area (Å²) in [5.74, 6) is 0.780. The number of benzene rings is 1. The first-order valence-corrected chi connectivity index (χ1v) is 10.6. The molecule has 3 heterocycles. The molecule has 154 valence electrons. The van der Waals surface area contributed by atoms with E-state index in [-0.39, 0.29) is 19.4 Å². The van der Waals surface area contributed by atoms with Crippen molar-refractivity contribution in [3.05, 3.63) is 64.0 Å². The summed E-state index contributed by atoms with van der Waals surface area (Å²) in [5.41, 5.74) is 3.43. The Labute approximate surface area is 177 Å². The normalized spacial score (nSPS) is 15.1. The van der Waals surface area contributed by atoms with Crippen molar-refractivity contribution in [2.75, 3.05) is 25.0 Å². The molecule has 1 aliphatic heterocycles. The monoisotopic (exact) mass is 410 g/mol. The van der Waals surface area contributed by atoms with E-state index in [9.17, 15) is 4.79 Å². The number of carbonyl (C=O) groups excluding carboxylic acids is 1. The molecule has 1 saturated heterocycles. The Morgan fingerprint density at radius 1 is 1.14 bits per heavy atom. The number of carbonyl (C=O) groups is 1. The minimum absolute atomic E-state index is 0. The van der Waals surface area contributed by atoms with E-state index in [4.69, 9.17) is 5.10 Å². The first kappa shape index (κ1) is 21.3. The van der Waals surface area contributed by atoms with Crippen molar-refractivity contribution >= 4 is 23.1 Å². The fraction of sp³-hybridized carbons (Fsp3) is 0.391. The molecule has 5 nitrogen and oxygen atoms in total. The molecule has 29 heavy (non-hydrogen) atoms. The van der Waals surface area contributed by atoms with Gasteiger partial charge in [0.15, 0.2) is 5.82 Å². The van der Waals surface area contributed by atoms with Gasteiger partial charge in [0.25, 0.3) is 5.91 Å². The smallest absolute Gasteiger partial charge is 0.269 e. The Morgan fingerprint density at radius 3 is 2.45 bits per heavy atom. The van der Waals surface area contributed by atoms with Gasteiger partial charge in [0.05, 0.1) is 10.6 Å². The summed E-state index contributed by atoms with van der Waals surface area (Å²) in [6, 6.07) is 12.3. The maximum Gasteiger partial charge on any atom is 0.269 e. The molecule has 0 saturated carbocycles. The molecule has 1 aromatic carbocycles. The second-order valence-electron chi connectivity index (χ2n) is 7.65. The van der Waals surface area contributed by atoms with E-state index in [2.05, 4.69) is 44.0 Å². The number of anilines is 1. The molecule has 1 amide bonds. The van der Waals surface area contributed by atoms with Crippen molar-refractivity contribution in [3.63, 3.8) is 0 Å². The number of likely N-dealkylation sites (tertiary alicyclic amines) is 1. The van der Waals surface area contributed by atoms with Crippen molar-refractivity contribution in [1.82, 2.24) is 14.7 Å². The van der Waals surface area contributed by atoms with Crippen LogP contribution in [0.4, 0.5) is 5.82 Å². The highest BCUT2D eigenvalue weighted by Crippen LogP contribution is 2.26. The third-order valence-electron chi connectivity index (χ3n) is 5.30. The van der Waals surface area contributed by atoms with Crippen molar-refractivity contribution in [2.24, 2.45) is 0 Å². The molecular formula is C23H30N4OS. The minimum atomic E-state index is 0. The SMILES string of the molecule is C.Cc1cc(C)cc(-n2ccc(N(C(=O)c3cccs3)C3CCN(C)CC3)n2)c1. The maximum atomic E-state index is 13.3. The van der Waals surface area contributed by atoms with Gasteiger partial charge in [-0.3, -0.25) is 9.69 Å². The molecule has 6 heteroatoms. The number of hydrogen-bond acceptors (Lipinski definition) is 4. The summed E-state index contributed by atoms with van der Waals surface area (Å²) >= 11 is 1.49. The van der Waals surface area contributed by atoms with E-state index in [0.29, 0.717) is 0 Å². The van der Waals surface area contributed by atoms with Gasteiger partial charge in [-0.1, -0.05) is 19.6 Å². The number of thiophene rings is 1. The van der Waals surface area contributed by atoms with Crippen molar-refractivity contribution in [1.29, 1.82) is 0 Å². The number of piperidine rings is 1. The first-order valence-electron chi connectivity index (χ1n) is 9.71. The number of amides is 1. The summed E-state index contributed by atoms with van der Waals surface area (Å²) in [6.07, 6.45) is 3.88. The fourth-order valence-electron chi connectivity index (χ4n) is 3.90. The Balaban J connectivity index is 0.00000240. The molecule has 0 spiro atoms. The number of hydrogen-bond donors (Lipinski definition) is 0. The predicted molar refractivity (Wildman–Crippen MR) is 121 cm³/mol. The molecule has 0 unspecified atom stereocenters. The van der Waals surface area contributed by atoms with Gasteiger partial charge in [0, 0.05) is 18.3 Å². The largest absolute Gasteiger partial charge is 0.306 e. The standard InChI is InChI=1S/C22H26N4OS.CH4/c1-16-13-17(2)15-19(14-16)25-11-8-21(23-25)26(18-6-9-24(3)10-7-18)22(27)20-5-4-12-28-20;/h4-5,8,11-15,18H,6-7,9-10H2,1-3H3;1H4. The van der Waals surface area contributed by atoms with Gasteiger partial charge in [-0.15, -0.1) is 16.4 Å². The zero-order valence-corrected chi connectivity index (χ0v) is 17.4. The predicted octanol–water partition coefficient (Wildman–Crippen LogP) is 4.93. The van der Waals surface area contributed by atoms with Gasteiger partial charge in [0.1, 0.15) is 0 Å². The highest BCUT2D eigenvalue weighted by molar-refractivity contribution is 7.12. The molecule has 0 atom stereocenters. The Hall–Kier alpha value is -2.44. The highest BCUT2D eigenvalue weighted by atomic mass is 32.1. The second kappa shape index (κ2) is 8.93. The van der Waals surface area contributed by atoms with Crippen LogP contribution in [0.1, 0.15) is 41.1 Å². The number of aryl methyl sites for hydroxylation is 2. The summed E-state index contributed by atoms with van der Waals surface area (Å²) in [6.45, 7) is 6.17. The van der Waals surface area contributed by atoms with Crippen LogP contribution < -0.4 is 4.90 Å². The van der Waals surface area contributed by atoms with Crippen LogP contribution in [0.25, 0.3) is 5.69 Å². The molecule has 2 aromatic heterocycles. The average Bonchev–Trinajstić information content (AvgIpc) is 3.35. The van der Waals surface area contributed by atoms with Crippen LogP contribution in [0.2, 0.25) is 0 Å². The van der Waals surface area contributed by atoms with Gasteiger partial charge in [-0.25, -0.2) is 4.68 Å².